The highest BCUT2D eigenvalue weighted by molar-refractivity contribution is 5.94. The highest BCUT2D eigenvalue weighted by Gasteiger charge is 2.37. The summed E-state index contributed by atoms with van der Waals surface area (Å²) in [4.78, 5) is 28.9. The lowest BCUT2D eigenvalue weighted by Crippen LogP contribution is -2.34. The monoisotopic (exact) mass is 572 g/mol. The number of aryl methyl sites for hydroxylation is 1. The van der Waals surface area contributed by atoms with Crippen LogP contribution in [0.2, 0.25) is 0 Å². The number of carboxylic acids is 1. The number of anilines is 1. The highest BCUT2D eigenvalue weighted by Crippen LogP contribution is 2.31. The van der Waals surface area contributed by atoms with Gasteiger partial charge in [-0.3, -0.25) is 9.59 Å². The molecule has 2 N–H and O–H groups in total. The summed E-state index contributed by atoms with van der Waals surface area (Å²) >= 11 is 0. The highest BCUT2D eigenvalue weighted by atomic mass is 16.5. The van der Waals surface area contributed by atoms with Crippen molar-refractivity contribution < 1.29 is 24.2 Å². The summed E-state index contributed by atoms with van der Waals surface area (Å²) in [5.41, 5.74) is 2.52. The molecule has 0 unspecified atom stereocenters. The molecule has 0 bridgehead atoms. The number of aromatic nitrogens is 1. The fourth-order valence-electron chi connectivity index (χ4n) is 4.59. The number of nitrogens with zero attached hydrogens (tertiary/aromatic N) is 1. The molecule has 1 aromatic heterocycles. The van der Waals surface area contributed by atoms with Crippen molar-refractivity contribution in [2.75, 3.05) is 18.5 Å². The fourth-order valence-corrected chi connectivity index (χ4v) is 4.59. The van der Waals surface area contributed by atoms with Gasteiger partial charge >= 0.3 is 5.97 Å². The third-order valence-corrected chi connectivity index (χ3v) is 7.47. The van der Waals surface area contributed by atoms with Crippen molar-refractivity contribution in [1.29, 1.82) is 0 Å². The van der Waals surface area contributed by atoms with Gasteiger partial charge in [0.25, 0.3) is 0 Å². The minimum absolute atomic E-state index is 0.0617. The summed E-state index contributed by atoms with van der Waals surface area (Å²) in [7, 11) is 0. The molecule has 0 aliphatic heterocycles. The van der Waals surface area contributed by atoms with E-state index >= 15 is 0 Å². The number of ether oxygens (including phenoxy) is 2. The van der Waals surface area contributed by atoms with E-state index in [-0.39, 0.29) is 12.3 Å². The Kier molecular flexibility index (Phi) is 13.1. The van der Waals surface area contributed by atoms with Gasteiger partial charge in [-0.05, 0) is 86.1 Å². The van der Waals surface area contributed by atoms with Gasteiger partial charge in [0.05, 0.1) is 24.3 Å². The van der Waals surface area contributed by atoms with Crippen molar-refractivity contribution in [2.24, 2.45) is 5.41 Å². The molecule has 0 radical (unpaired) electrons. The van der Waals surface area contributed by atoms with Gasteiger partial charge in [0.2, 0.25) is 11.8 Å². The molecule has 7 nitrogen and oxygen atoms in total. The predicted octanol–water partition coefficient (Wildman–Crippen LogP) is 8.05. The van der Waals surface area contributed by atoms with Crippen LogP contribution in [0.4, 0.5) is 5.69 Å². The summed E-state index contributed by atoms with van der Waals surface area (Å²) in [6.45, 7) is 7.12. The molecule has 0 aliphatic rings. The summed E-state index contributed by atoms with van der Waals surface area (Å²) < 4.78 is 11.6. The van der Waals surface area contributed by atoms with E-state index in [1.807, 2.05) is 60.7 Å². The fraction of sp³-hybridized carbons (Fsp3) is 0.400. The number of pyridine rings is 1. The number of carbonyl (C=O) groups is 2. The average Bonchev–Trinajstić information content (AvgIpc) is 3.00. The normalized spacial score (nSPS) is 11.4. The predicted molar refractivity (Wildman–Crippen MR) is 169 cm³/mol. The van der Waals surface area contributed by atoms with Crippen LogP contribution in [0.15, 0.2) is 66.7 Å². The number of carboxylic acid groups (broad SMARTS) is 1. The van der Waals surface area contributed by atoms with E-state index in [4.69, 9.17) is 9.47 Å². The molecule has 42 heavy (non-hydrogen) atoms. The van der Waals surface area contributed by atoms with E-state index in [1.165, 1.54) is 5.56 Å². The van der Waals surface area contributed by atoms with E-state index in [0.29, 0.717) is 31.0 Å². The summed E-state index contributed by atoms with van der Waals surface area (Å²) in [6, 6.07) is 21.4. The lowest BCUT2D eigenvalue weighted by molar-refractivity contribution is -0.151. The van der Waals surface area contributed by atoms with Crippen LogP contribution in [0, 0.1) is 5.41 Å². The van der Waals surface area contributed by atoms with Crippen LogP contribution in [-0.2, 0) is 16.0 Å². The SMILES string of the molecule is CCCCOc1ccc(CCCCOc2cccc(C=Cc3cccc(NC(=O)CC(CC)(CC)C(=O)O)c3)n2)cc1. The summed E-state index contributed by atoms with van der Waals surface area (Å²) in [6.07, 6.45) is 9.70. The first-order chi connectivity index (χ1) is 20.4. The number of carbonyl (C=O) groups excluding carboxylic acids is 1. The maximum atomic E-state index is 12.6. The number of nitrogens with one attached hydrogen (secondary N) is 1. The number of hydrogen-bond donors (Lipinski definition) is 2. The first kappa shape index (κ1) is 32.4. The topological polar surface area (TPSA) is 97.8 Å². The molecular formula is C35H44N2O5. The Morgan fingerprint density at radius 2 is 1.62 bits per heavy atom. The maximum absolute atomic E-state index is 12.6. The Balaban J connectivity index is 1.45. The van der Waals surface area contributed by atoms with Gasteiger partial charge in [-0.25, -0.2) is 4.98 Å². The van der Waals surface area contributed by atoms with E-state index in [2.05, 4.69) is 29.4 Å². The number of amides is 1. The van der Waals surface area contributed by atoms with Gasteiger partial charge in [0, 0.05) is 18.2 Å². The lowest BCUT2D eigenvalue weighted by atomic mass is 9.79. The zero-order valence-corrected chi connectivity index (χ0v) is 25.1. The smallest absolute Gasteiger partial charge is 0.310 e. The number of aliphatic carboxylic acids is 1. The Bertz CT molecular complexity index is 1300. The zero-order chi connectivity index (χ0) is 30.2. The van der Waals surface area contributed by atoms with Gasteiger partial charge in [-0.1, -0.05) is 63.6 Å². The third-order valence-electron chi connectivity index (χ3n) is 7.47. The molecule has 0 atom stereocenters. The van der Waals surface area contributed by atoms with Crippen molar-refractivity contribution in [3.05, 3.63) is 83.6 Å². The number of rotatable bonds is 18. The van der Waals surface area contributed by atoms with Crippen LogP contribution in [0.1, 0.15) is 82.5 Å². The maximum Gasteiger partial charge on any atom is 0.310 e. The van der Waals surface area contributed by atoms with E-state index in [0.717, 1.165) is 55.7 Å². The molecule has 1 heterocycles. The van der Waals surface area contributed by atoms with Crippen LogP contribution in [0.3, 0.4) is 0 Å². The minimum Gasteiger partial charge on any atom is -0.494 e. The van der Waals surface area contributed by atoms with Gasteiger partial charge in [-0.15, -0.1) is 0 Å². The van der Waals surface area contributed by atoms with Crippen molar-refractivity contribution in [3.8, 4) is 11.6 Å². The molecule has 224 valence electrons. The molecule has 0 saturated heterocycles. The second-order valence-corrected chi connectivity index (χ2v) is 10.5. The Morgan fingerprint density at radius 1 is 0.881 bits per heavy atom. The minimum atomic E-state index is -1.05. The van der Waals surface area contributed by atoms with Crippen LogP contribution in [0.25, 0.3) is 12.2 Å². The molecule has 3 rings (SSSR count). The lowest BCUT2D eigenvalue weighted by Gasteiger charge is -2.25. The molecule has 0 aliphatic carbocycles. The van der Waals surface area contributed by atoms with Gasteiger partial charge in [0.15, 0.2) is 0 Å². The van der Waals surface area contributed by atoms with Crippen molar-refractivity contribution in [3.63, 3.8) is 0 Å². The van der Waals surface area contributed by atoms with Gasteiger partial charge in [0.1, 0.15) is 5.75 Å². The van der Waals surface area contributed by atoms with Gasteiger partial charge < -0.3 is 19.9 Å². The van der Waals surface area contributed by atoms with Crippen molar-refractivity contribution in [1.82, 2.24) is 4.98 Å². The van der Waals surface area contributed by atoms with E-state index in [9.17, 15) is 14.7 Å². The Morgan fingerprint density at radius 3 is 2.33 bits per heavy atom. The Hall–Kier alpha value is -4.13. The first-order valence-electron chi connectivity index (χ1n) is 15.0. The standard InChI is InChI=1S/C35H44N2O5/c1-4-7-23-41-31-21-18-27(19-22-31)12-8-9-24-42-33-16-11-14-29(37-33)20-17-28-13-10-15-30(25-28)36-32(38)26-35(5-2,6-3)34(39)40/h10-11,13-22,25H,4-9,12,23-24,26H2,1-3H3,(H,36,38)(H,39,40). The summed E-state index contributed by atoms with van der Waals surface area (Å²) in [5, 5.41) is 12.5. The second kappa shape index (κ2) is 17.0. The third kappa shape index (κ3) is 10.4. The van der Waals surface area contributed by atoms with Crippen LogP contribution in [-0.4, -0.2) is 35.2 Å². The van der Waals surface area contributed by atoms with Crippen LogP contribution in [0.5, 0.6) is 11.6 Å². The molecular weight excluding hydrogens is 528 g/mol. The molecule has 0 saturated carbocycles. The number of hydrogen-bond acceptors (Lipinski definition) is 5. The zero-order valence-electron chi connectivity index (χ0n) is 25.1. The molecule has 3 aromatic rings. The van der Waals surface area contributed by atoms with Gasteiger partial charge in [-0.2, -0.15) is 0 Å². The van der Waals surface area contributed by atoms with E-state index in [1.54, 1.807) is 19.9 Å². The van der Waals surface area contributed by atoms with E-state index < -0.39 is 11.4 Å². The largest absolute Gasteiger partial charge is 0.494 e. The molecule has 0 spiro atoms. The summed E-state index contributed by atoms with van der Waals surface area (Å²) in [5.74, 6) is 0.269. The van der Waals surface area contributed by atoms with Crippen molar-refractivity contribution in [2.45, 2.75) is 72.1 Å². The second-order valence-electron chi connectivity index (χ2n) is 10.5. The molecule has 7 heteroatoms. The number of benzene rings is 2. The quantitative estimate of drug-likeness (QED) is 0.150. The number of unbranched alkanes of at least 4 members (excludes halogenated alkanes) is 2. The first-order valence-corrected chi connectivity index (χ1v) is 15.0. The average molecular weight is 573 g/mol. The molecule has 0 fully saturated rings. The van der Waals surface area contributed by atoms with Crippen molar-refractivity contribution >= 4 is 29.7 Å². The van der Waals surface area contributed by atoms with Crippen LogP contribution < -0.4 is 14.8 Å². The Labute approximate surface area is 250 Å². The molecule has 1 amide bonds. The molecule has 2 aromatic carbocycles. The van der Waals surface area contributed by atoms with Crippen LogP contribution >= 0.6 is 0 Å².